The van der Waals surface area contributed by atoms with Crippen LogP contribution in [0.5, 0.6) is 5.75 Å². The van der Waals surface area contributed by atoms with Gasteiger partial charge in [0.15, 0.2) is 5.78 Å². The lowest BCUT2D eigenvalue weighted by Gasteiger charge is -2.36. The fourth-order valence-corrected chi connectivity index (χ4v) is 4.15. The van der Waals surface area contributed by atoms with E-state index in [1.807, 2.05) is 38.1 Å². The SMILES string of the molecule is CC1(C)CC(=O)C2=C(C1)OC(N)=C(C#N)[C@@H]2c1ccc(COc2ccc(Br)cc2)o1. The number of furan rings is 1. The van der Waals surface area contributed by atoms with Crippen LogP contribution in [0.2, 0.25) is 0 Å². The maximum atomic E-state index is 13.0. The summed E-state index contributed by atoms with van der Waals surface area (Å²) in [5, 5.41) is 9.68. The summed E-state index contributed by atoms with van der Waals surface area (Å²) in [4.78, 5) is 13.0. The third-order valence-electron chi connectivity index (χ3n) is 5.24. The van der Waals surface area contributed by atoms with Gasteiger partial charge in [-0.3, -0.25) is 4.79 Å². The molecule has 0 fully saturated rings. The van der Waals surface area contributed by atoms with Crippen molar-refractivity contribution < 1.29 is 18.7 Å². The van der Waals surface area contributed by atoms with Gasteiger partial charge in [0.1, 0.15) is 41.3 Å². The first-order chi connectivity index (χ1) is 14.3. The molecule has 0 spiro atoms. The van der Waals surface area contributed by atoms with E-state index in [2.05, 4.69) is 22.0 Å². The quantitative estimate of drug-likeness (QED) is 0.671. The number of ketones is 1. The van der Waals surface area contributed by atoms with Crippen molar-refractivity contribution in [1.82, 2.24) is 0 Å². The third kappa shape index (κ3) is 3.88. The van der Waals surface area contributed by atoms with Crippen LogP contribution in [0.4, 0.5) is 0 Å². The minimum Gasteiger partial charge on any atom is -0.486 e. The topological polar surface area (TPSA) is 98.5 Å². The van der Waals surface area contributed by atoms with Gasteiger partial charge in [-0.2, -0.15) is 5.26 Å². The Morgan fingerprint density at radius 2 is 1.97 bits per heavy atom. The number of hydrogen-bond donors (Lipinski definition) is 1. The molecule has 1 aromatic heterocycles. The summed E-state index contributed by atoms with van der Waals surface area (Å²) in [7, 11) is 0. The number of Topliss-reactive ketones (excluding diaryl/α,β-unsaturated/α-hetero) is 1. The number of nitrogens with zero attached hydrogens (tertiary/aromatic N) is 1. The molecule has 0 amide bonds. The molecule has 6 nitrogen and oxygen atoms in total. The van der Waals surface area contributed by atoms with Crippen LogP contribution in [0, 0.1) is 16.7 Å². The Morgan fingerprint density at radius 3 is 2.67 bits per heavy atom. The Hall–Kier alpha value is -2.98. The molecule has 2 aromatic rings. The summed E-state index contributed by atoms with van der Waals surface area (Å²) in [6, 6.07) is 13.1. The molecule has 2 N–H and O–H groups in total. The fraction of sp³-hybridized carbons (Fsp3) is 0.304. The van der Waals surface area contributed by atoms with Crippen molar-refractivity contribution in [3.63, 3.8) is 0 Å². The molecule has 0 unspecified atom stereocenters. The van der Waals surface area contributed by atoms with Gasteiger partial charge in [0, 0.05) is 22.9 Å². The molecule has 30 heavy (non-hydrogen) atoms. The minimum absolute atomic E-state index is 0.0239. The normalized spacial score (nSPS) is 20.5. The number of hydrogen-bond acceptors (Lipinski definition) is 6. The number of carbonyl (C=O) groups excluding carboxylic acids is 1. The lowest BCUT2D eigenvalue weighted by molar-refractivity contribution is -0.119. The molecular formula is C23H21BrN2O4. The molecule has 154 valence electrons. The van der Waals surface area contributed by atoms with Crippen molar-refractivity contribution in [3.8, 4) is 11.8 Å². The molecule has 1 atom stereocenters. The summed E-state index contributed by atoms with van der Waals surface area (Å²) in [6.07, 6.45) is 0.953. The van der Waals surface area contributed by atoms with E-state index in [-0.39, 0.29) is 29.3 Å². The maximum Gasteiger partial charge on any atom is 0.205 e. The first kappa shape index (κ1) is 20.3. The molecule has 2 aliphatic rings. The van der Waals surface area contributed by atoms with E-state index in [1.165, 1.54) is 0 Å². The Morgan fingerprint density at radius 1 is 1.23 bits per heavy atom. The van der Waals surface area contributed by atoms with E-state index >= 15 is 0 Å². The standard InChI is InChI=1S/C23H21BrN2O4/c1-23(2)9-17(27)21-19(10-23)30-22(26)16(11-25)20(21)18-8-7-15(29-18)12-28-14-5-3-13(24)4-6-14/h3-8,20H,9-10,12,26H2,1-2H3/t20-/m1/s1. The van der Waals surface area contributed by atoms with Crippen LogP contribution in [0.15, 0.2) is 68.1 Å². The molecule has 0 saturated carbocycles. The van der Waals surface area contributed by atoms with E-state index in [0.29, 0.717) is 41.4 Å². The lowest BCUT2D eigenvalue weighted by atomic mass is 9.71. The highest BCUT2D eigenvalue weighted by Crippen LogP contribution is 2.48. The zero-order chi connectivity index (χ0) is 21.5. The Bertz CT molecular complexity index is 1100. The minimum atomic E-state index is -0.663. The van der Waals surface area contributed by atoms with E-state index in [4.69, 9.17) is 19.6 Å². The van der Waals surface area contributed by atoms with Crippen LogP contribution in [0.1, 0.15) is 44.1 Å². The number of allylic oxidation sites excluding steroid dienone is 3. The average Bonchev–Trinajstić information content (AvgIpc) is 3.14. The van der Waals surface area contributed by atoms with Gasteiger partial charge in [-0.25, -0.2) is 0 Å². The van der Waals surface area contributed by atoms with Crippen molar-refractivity contribution in [2.24, 2.45) is 11.1 Å². The predicted octanol–water partition coefficient (Wildman–Crippen LogP) is 5.07. The number of nitriles is 1. The molecule has 1 aliphatic heterocycles. The molecule has 0 bridgehead atoms. The number of carbonyl (C=O) groups is 1. The van der Waals surface area contributed by atoms with E-state index < -0.39 is 5.92 Å². The highest BCUT2D eigenvalue weighted by molar-refractivity contribution is 9.10. The third-order valence-corrected chi connectivity index (χ3v) is 5.77. The number of ether oxygens (including phenoxy) is 2. The largest absolute Gasteiger partial charge is 0.486 e. The summed E-state index contributed by atoms with van der Waals surface area (Å²) in [5.41, 5.74) is 6.47. The zero-order valence-electron chi connectivity index (χ0n) is 16.7. The maximum absolute atomic E-state index is 13.0. The highest BCUT2D eigenvalue weighted by atomic mass is 79.9. The zero-order valence-corrected chi connectivity index (χ0v) is 18.3. The predicted molar refractivity (Wildman–Crippen MR) is 113 cm³/mol. The molecule has 1 aromatic carbocycles. The molecule has 0 saturated heterocycles. The Kier molecular flexibility index (Phi) is 5.20. The van der Waals surface area contributed by atoms with Gasteiger partial charge >= 0.3 is 0 Å². The average molecular weight is 469 g/mol. The second kappa shape index (κ2) is 7.69. The van der Waals surface area contributed by atoms with Gasteiger partial charge in [-0.05, 0) is 41.8 Å². The summed E-state index contributed by atoms with van der Waals surface area (Å²) in [6.45, 7) is 4.24. The number of benzene rings is 1. The van der Waals surface area contributed by atoms with Crippen molar-refractivity contribution in [3.05, 3.63) is 75.2 Å². The van der Waals surface area contributed by atoms with E-state index in [9.17, 15) is 10.1 Å². The van der Waals surface area contributed by atoms with Crippen LogP contribution in [-0.2, 0) is 16.1 Å². The molecular weight excluding hydrogens is 448 g/mol. The smallest absolute Gasteiger partial charge is 0.205 e. The van der Waals surface area contributed by atoms with Crippen LogP contribution in [-0.4, -0.2) is 5.78 Å². The van der Waals surface area contributed by atoms with Gasteiger partial charge in [0.25, 0.3) is 0 Å². The van der Waals surface area contributed by atoms with Crippen LogP contribution >= 0.6 is 15.9 Å². The molecule has 0 radical (unpaired) electrons. The van der Waals surface area contributed by atoms with Gasteiger partial charge in [0.05, 0.1) is 5.92 Å². The van der Waals surface area contributed by atoms with Crippen molar-refractivity contribution in [2.75, 3.05) is 0 Å². The summed E-state index contributed by atoms with van der Waals surface area (Å²) < 4.78 is 18.4. The Labute approximate surface area is 183 Å². The molecule has 7 heteroatoms. The monoisotopic (exact) mass is 468 g/mol. The number of rotatable bonds is 4. The van der Waals surface area contributed by atoms with Crippen molar-refractivity contribution >= 4 is 21.7 Å². The molecule has 4 rings (SSSR count). The molecule has 1 aliphatic carbocycles. The first-order valence-electron chi connectivity index (χ1n) is 9.58. The first-order valence-corrected chi connectivity index (χ1v) is 10.4. The Balaban J connectivity index is 1.63. The highest BCUT2D eigenvalue weighted by Gasteiger charge is 2.44. The second-order valence-electron chi connectivity index (χ2n) is 8.25. The van der Waals surface area contributed by atoms with E-state index in [0.717, 1.165) is 4.47 Å². The molecule has 2 heterocycles. The van der Waals surface area contributed by atoms with Crippen LogP contribution in [0.3, 0.4) is 0 Å². The van der Waals surface area contributed by atoms with Crippen LogP contribution in [0.25, 0.3) is 0 Å². The summed E-state index contributed by atoms with van der Waals surface area (Å²) >= 11 is 3.39. The van der Waals surface area contributed by atoms with Crippen LogP contribution < -0.4 is 10.5 Å². The number of nitrogens with two attached hydrogens (primary N) is 1. The van der Waals surface area contributed by atoms with E-state index in [1.54, 1.807) is 12.1 Å². The lowest BCUT2D eigenvalue weighted by Crippen LogP contribution is -2.33. The fourth-order valence-electron chi connectivity index (χ4n) is 3.88. The van der Waals surface area contributed by atoms with Gasteiger partial charge in [-0.15, -0.1) is 0 Å². The van der Waals surface area contributed by atoms with Gasteiger partial charge in [0.2, 0.25) is 5.88 Å². The summed E-state index contributed by atoms with van der Waals surface area (Å²) in [5.74, 6) is 1.62. The second-order valence-corrected chi connectivity index (χ2v) is 9.16. The van der Waals surface area contributed by atoms with Crippen molar-refractivity contribution in [2.45, 2.75) is 39.2 Å². The van der Waals surface area contributed by atoms with Gasteiger partial charge < -0.3 is 19.6 Å². The van der Waals surface area contributed by atoms with Crippen molar-refractivity contribution in [1.29, 1.82) is 5.26 Å². The number of halogens is 1. The van der Waals surface area contributed by atoms with Gasteiger partial charge in [-0.1, -0.05) is 29.8 Å².